The van der Waals surface area contributed by atoms with Crippen molar-refractivity contribution in [3.63, 3.8) is 0 Å². The molecule has 0 saturated carbocycles. The summed E-state index contributed by atoms with van der Waals surface area (Å²) < 4.78 is 10.8. The van der Waals surface area contributed by atoms with Crippen LogP contribution >= 0.6 is 23.2 Å². The number of likely N-dealkylation sites (tertiary alicyclic amines) is 1. The molecule has 1 heterocycles. The average molecular weight is 478 g/mol. The molecule has 1 amide bonds. The van der Waals surface area contributed by atoms with Crippen LogP contribution in [0.4, 0.5) is 0 Å². The van der Waals surface area contributed by atoms with Crippen LogP contribution in [0, 0.1) is 0 Å². The molecule has 1 unspecified atom stereocenters. The first kappa shape index (κ1) is 24.1. The Hall–Kier alpha value is -2.54. The minimum absolute atomic E-state index is 0.0101. The van der Waals surface area contributed by atoms with Gasteiger partial charge < -0.3 is 19.5 Å². The van der Waals surface area contributed by atoms with Crippen LogP contribution in [-0.4, -0.2) is 48.6 Å². The fourth-order valence-corrected chi connectivity index (χ4v) is 3.83. The molecule has 3 rings (SSSR count). The van der Waals surface area contributed by atoms with Gasteiger partial charge in [-0.3, -0.25) is 9.59 Å². The number of ether oxygens (including phenoxy) is 2. The number of aliphatic hydroxyl groups excluding tert-OH is 1. The Morgan fingerprint density at radius 3 is 2.41 bits per heavy atom. The highest BCUT2D eigenvalue weighted by atomic mass is 35.5. The number of Topliss-reactive ketones (excluding diaryl/α,β-unsaturated/α-hetero) is 1. The molecule has 1 fully saturated rings. The maximum absolute atomic E-state index is 12.9. The van der Waals surface area contributed by atoms with Gasteiger partial charge in [0.2, 0.25) is 0 Å². The van der Waals surface area contributed by atoms with E-state index >= 15 is 0 Å². The first-order chi connectivity index (χ1) is 15.4. The van der Waals surface area contributed by atoms with Gasteiger partial charge in [0.05, 0.1) is 34.9 Å². The quantitative estimate of drug-likeness (QED) is 0.231. The third kappa shape index (κ3) is 5.09. The molecule has 1 aliphatic rings. The number of methoxy groups -OCH3 is 1. The average Bonchev–Trinajstić information content (AvgIpc) is 3.04. The van der Waals surface area contributed by atoms with Crippen molar-refractivity contribution in [3.05, 3.63) is 69.2 Å². The molecule has 1 N–H and O–H groups in total. The Labute approximate surface area is 197 Å². The summed E-state index contributed by atoms with van der Waals surface area (Å²) in [5, 5.41) is 11.7. The topological polar surface area (TPSA) is 76.1 Å². The molecular formula is C24H25Cl2NO5. The third-order valence-electron chi connectivity index (χ3n) is 5.23. The molecule has 0 spiro atoms. The largest absolute Gasteiger partial charge is 0.507 e. The van der Waals surface area contributed by atoms with Gasteiger partial charge in [0, 0.05) is 19.2 Å². The van der Waals surface area contributed by atoms with E-state index < -0.39 is 17.7 Å². The number of halogens is 2. The first-order valence-electron chi connectivity index (χ1n) is 10.3. The monoisotopic (exact) mass is 477 g/mol. The molecule has 0 bridgehead atoms. The molecule has 2 aromatic rings. The minimum atomic E-state index is -0.819. The molecule has 2 aromatic carbocycles. The van der Waals surface area contributed by atoms with Gasteiger partial charge in [0.25, 0.3) is 11.7 Å². The van der Waals surface area contributed by atoms with Crippen LogP contribution in [0.2, 0.25) is 10.0 Å². The van der Waals surface area contributed by atoms with E-state index in [2.05, 4.69) is 6.92 Å². The Morgan fingerprint density at radius 2 is 1.78 bits per heavy atom. The van der Waals surface area contributed by atoms with Gasteiger partial charge in [-0.15, -0.1) is 0 Å². The van der Waals surface area contributed by atoms with Crippen LogP contribution in [0.5, 0.6) is 5.75 Å². The van der Waals surface area contributed by atoms with Gasteiger partial charge >= 0.3 is 0 Å². The van der Waals surface area contributed by atoms with Crippen LogP contribution in [0.1, 0.15) is 36.9 Å². The summed E-state index contributed by atoms with van der Waals surface area (Å²) in [6.07, 6.45) is 1.97. The van der Waals surface area contributed by atoms with E-state index in [0.29, 0.717) is 28.5 Å². The number of hydrogen-bond donors (Lipinski definition) is 1. The Bertz CT molecular complexity index is 1020. The molecule has 32 heavy (non-hydrogen) atoms. The standard InChI is InChI=1S/C24H25Cl2NO5/c1-3-4-12-32-17-8-5-15(6-9-17)22(28)20-21(16-7-10-18(25)19(26)14-16)27(11-13-31-2)24(30)23(20)29/h5-10,14,21,28H,3-4,11-13H2,1-2H3/b22-20+. The zero-order chi connectivity index (χ0) is 23.3. The smallest absolute Gasteiger partial charge is 0.295 e. The van der Waals surface area contributed by atoms with E-state index in [-0.39, 0.29) is 29.5 Å². The van der Waals surface area contributed by atoms with Crippen LogP contribution < -0.4 is 4.74 Å². The number of unbranched alkanes of at least 4 members (excludes halogenated alkanes) is 1. The van der Waals surface area contributed by atoms with Crippen LogP contribution in [-0.2, 0) is 14.3 Å². The maximum atomic E-state index is 12.9. The van der Waals surface area contributed by atoms with Gasteiger partial charge in [-0.2, -0.15) is 0 Å². The molecule has 1 aliphatic heterocycles. The van der Waals surface area contributed by atoms with Gasteiger partial charge in [-0.1, -0.05) is 42.6 Å². The van der Waals surface area contributed by atoms with Crippen molar-refractivity contribution in [2.24, 2.45) is 0 Å². The van der Waals surface area contributed by atoms with Crippen LogP contribution in [0.25, 0.3) is 5.76 Å². The molecule has 0 aromatic heterocycles. The lowest BCUT2D eigenvalue weighted by molar-refractivity contribution is -0.140. The van der Waals surface area contributed by atoms with Gasteiger partial charge in [-0.05, 0) is 48.4 Å². The van der Waals surface area contributed by atoms with E-state index in [0.717, 1.165) is 12.8 Å². The molecule has 0 aliphatic carbocycles. The van der Waals surface area contributed by atoms with Gasteiger partial charge in [0.15, 0.2) is 0 Å². The zero-order valence-corrected chi connectivity index (χ0v) is 19.4. The molecule has 1 atom stereocenters. The minimum Gasteiger partial charge on any atom is -0.507 e. The number of ketones is 1. The number of aliphatic hydroxyl groups is 1. The SMILES string of the molecule is CCCCOc1ccc(/C(O)=C2\C(=O)C(=O)N(CCOC)C2c2ccc(Cl)c(Cl)c2)cc1. The van der Waals surface area contributed by atoms with Crippen LogP contribution in [0.3, 0.4) is 0 Å². The summed E-state index contributed by atoms with van der Waals surface area (Å²) in [6.45, 7) is 3.09. The van der Waals surface area contributed by atoms with Crippen molar-refractivity contribution in [3.8, 4) is 5.75 Å². The second-order valence-corrected chi connectivity index (χ2v) is 8.20. The lowest BCUT2D eigenvalue weighted by Gasteiger charge is -2.25. The summed E-state index contributed by atoms with van der Waals surface area (Å²) in [5.74, 6) is -1.08. The van der Waals surface area contributed by atoms with Gasteiger partial charge in [0.1, 0.15) is 11.5 Å². The highest BCUT2D eigenvalue weighted by Gasteiger charge is 2.46. The van der Waals surface area contributed by atoms with Gasteiger partial charge in [-0.25, -0.2) is 0 Å². The number of rotatable bonds is 9. The molecule has 0 radical (unpaired) electrons. The predicted molar refractivity (Wildman–Crippen MR) is 124 cm³/mol. The van der Waals surface area contributed by atoms with E-state index in [9.17, 15) is 14.7 Å². The van der Waals surface area contributed by atoms with E-state index in [1.165, 1.54) is 12.0 Å². The van der Waals surface area contributed by atoms with Crippen molar-refractivity contribution < 1.29 is 24.2 Å². The number of carbonyl (C=O) groups excluding carboxylic acids is 2. The maximum Gasteiger partial charge on any atom is 0.295 e. The Kier molecular flexibility index (Phi) is 8.18. The normalized spacial score (nSPS) is 17.8. The fraction of sp³-hybridized carbons (Fsp3) is 0.333. The zero-order valence-electron chi connectivity index (χ0n) is 17.9. The second-order valence-electron chi connectivity index (χ2n) is 7.39. The Morgan fingerprint density at radius 1 is 1.06 bits per heavy atom. The number of carbonyl (C=O) groups is 2. The summed E-state index contributed by atoms with van der Waals surface area (Å²) in [6, 6.07) is 10.8. The predicted octanol–water partition coefficient (Wildman–Crippen LogP) is 5.24. The van der Waals surface area contributed by atoms with E-state index in [1.807, 2.05) is 0 Å². The van der Waals surface area contributed by atoms with Crippen molar-refractivity contribution in [2.45, 2.75) is 25.8 Å². The van der Waals surface area contributed by atoms with Crippen LogP contribution in [0.15, 0.2) is 48.0 Å². The summed E-state index contributed by atoms with van der Waals surface area (Å²) >= 11 is 12.2. The van der Waals surface area contributed by atoms with Crippen molar-refractivity contribution in [2.75, 3.05) is 26.9 Å². The summed E-state index contributed by atoms with van der Waals surface area (Å²) in [7, 11) is 1.51. The number of amides is 1. The highest BCUT2D eigenvalue weighted by Crippen LogP contribution is 2.40. The number of benzene rings is 2. The summed E-state index contributed by atoms with van der Waals surface area (Å²) in [5.41, 5.74) is 0.961. The third-order valence-corrected chi connectivity index (χ3v) is 5.97. The van der Waals surface area contributed by atoms with Crippen molar-refractivity contribution in [1.82, 2.24) is 4.90 Å². The first-order valence-corrected chi connectivity index (χ1v) is 11.1. The van der Waals surface area contributed by atoms with E-state index in [4.69, 9.17) is 32.7 Å². The number of nitrogens with zero attached hydrogens (tertiary/aromatic N) is 1. The number of hydrogen-bond acceptors (Lipinski definition) is 5. The van der Waals surface area contributed by atoms with Crippen molar-refractivity contribution >= 4 is 40.7 Å². The van der Waals surface area contributed by atoms with Crippen molar-refractivity contribution in [1.29, 1.82) is 0 Å². The molecule has 1 saturated heterocycles. The molecule has 8 heteroatoms. The second kappa shape index (κ2) is 10.9. The fourth-order valence-electron chi connectivity index (χ4n) is 3.53. The summed E-state index contributed by atoms with van der Waals surface area (Å²) in [4.78, 5) is 27.1. The van der Waals surface area contributed by atoms with E-state index in [1.54, 1.807) is 42.5 Å². The molecule has 6 nitrogen and oxygen atoms in total. The Balaban J connectivity index is 2.03. The highest BCUT2D eigenvalue weighted by molar-refractivity contribution is 6.46. The molecular weight excluding hydrogens is 453 g/mol. The lowest BCUT2D eigenvalue weighted by atomic mass is 9.95. The molecule has 170 valence electrons. The lowest BCUT2D eigenvalue weighted by Crippen LogP contribution is -2.32.